The zero-order valence-electron chi connectivity index (χ0n) is 14.5. The van der Waals surface area contributed by atoms with Crippen molar-refractivity contribution < 1.29 is 4.79 Å². The van der Waals surface area contributed by atoms with Gasteiger partial charge in [-0.15, -0.1) is 10.2 Å². The van der Waals surface area contributed by atoms with Crippen molar-refractivity contribution in [3.63, 3.8) is 0 Å². The minimum absolute atomic E-state index is 0.158. The van der Waals surface area contributed by atoms with E-state index in [0.29, 0.717) is 17.7 Å². The molecule has 0 radical (unpaired) electrons. The number of hydrogen-bond acceptors (Lipinski definition) is 4. The second-order valence-corrected chi connectivity index (χ2v) is 7.58. The van der Waals surface area contributed by atoms with Crippen molar-refractivity contribution in [2.24, 2.45) is 7.05 Å². The van der Waals surface area contributed by atoms with Gasteiger partial charge in [0.2, 0.25) is 0 Å². The summed E-state index contributed by atoms with van der Waals surface area (Å²) in [5, 5.41) is 9.33. The second kappa shape index (κ2) is 6.15. The molecule has 124 valence electrons. The van der Waals surface area contributed by atoms with E-state index in [-0.39, 0.29) is 5.78 Å². The van der Waals surface area contributed by atoms with Gasteiger partial charge in [0, 0.05) is 36.0 Å². The molecule has 2 heterocycles. The number of nitrogens with zero attached hydrogens (tertiary/aromatic N) is 4. The van der Waals surface area contributed by atoms with E-state index in [4.69, 9.17) is 0 Å². The predicted octanol–water partition coefficient (Wildman–Crippen LogP) is 3.67. The van der Waals surface area contributed by atoms with Crippen molar-refractivity contribution in [3.05, 3.63) is 28.8 Å². The van der Waals surface area contributed by atoms with Crippen LogP contribution in [0, 0.1) is 13.8 Å². The molecule has 0 amide bonds. The number of Topliss-reactive ketones (excluding diaryl/α,β-unsaturated/α-hetero) is 1. The van der Waals surface area contributed by atoms with Gasteiger partial charge in [-0.05, 0) is 46.6 Å². The summed E-state index contributed by atoms with van der Waals surface area (Å²) in [5.41, 5.74) is 3.02. The molecule has 0 saturated heterocycles. The van der Waals surface area contributed by atoms with Crippen LogP contribution in [0.5, 0.6) is 0 Å². The van der Waals surface area contributed by atoms with E-state index in [2.05, 4.69) is 35.5 Å². The fraction of sp³-hybridized carbons (Fsp3) is 0.588. The van der Waals surface area contributed by atoms with Gasteiger partial charge in [0.1, 0.15) is 5.82 Å². The number of aromatic nitrogens is 4. The molecule has 0 bridgehead atoms. The van der Waals surface area contributed by atoms with Crippen LogP contribution in [-0.4, -0.2) is 30.9 Å². The number of thioether (sulfide) groups is 1. The molecule has 0 N–H and O–H groups in total. The quantitative estimate of drug-likeness (QED) is 0.598. The molecular formula is C17H24N4OS. The lowest BCUT2D eigenvalue weighted by atomic mass is 10.2. The zero-order chi connectivity index (χ0) is 16.7. The first-order chi connectivity index (χ1) is 10.9. The van der Waals surface area contributed by atoms with E-state index in [1.165, 1.54) is 24.6 Å². The maximum absolute atomic E-state index is 12.6. The van der Waals surface area contributed by atoms with E-state index in [1.807, 2.05) is 24.6 Å². The molecule has 1 fully saturated rings. The minimum atomic E-state index is 0.158. The third-order valence-corrected chi connectivity index (χ3v) is 5.46. The molecule has 5 nitrogen and oxygen atoms in total. The Morgan fingerprint density at radius 2 is 2.04 bits per heavy atom. The van der Waals surface area contributed by atoms with E-state index in [9.17, 15) is 4.79 Å². The largest absolute Gasteiger partial charge is 0.346 e. The highest BCUT2D eigenvalue weighted by Crippen LogP contribution is 2.39. The smallest absolute Gasteiger partial charge is 0.191 e. The molecule has 0 atom stereocenters. The highest BCUT2D eigenvalue weighted by molar-refractivity contribution is 7.99. The van der Waals surface area contributed by atoms with Crippen molar-refractivity contribution in [1.29, 1.82) is 0 Å². The summed E-state index contributed by atoms with van der Waals surface area (Å²) in [4.78, 5) is 12.6. The SMILES string of the molecule is Cc1cc(C(=O)CSc2nnc(C3CC3)n2C)c(C)n1C(C)C. The standard InChI is InChI=1S/C17H24N4OS/c1-10(2)21-11(3)8-14(12(21)4)15(22)9-23-17-19-18-16(20(17)5)13-6-7-13/h8,10,13H,6-7,9H2,1-5H3. The first kappa shape index (κ1) is 16.3. The van der Waals surface area contributed by atoms with Gasteiger partial charge in [-0.2, -0.15) is 0 Å². The van der Waals surface area contributed by atoms with Crippen LogP contribution in [-0.2, 0) is 7.05 Å². The van der Waals surface area contributed by atoms with E-state index < -0.39 is 0 Å². The van der Waals surface area contributed by atoms with Crippen LogP contribution in [0.15, 0.2) is 11.2 Å². The first-order valence-corrected chi connectivity index (χ1v) is 9.12. The molecule has 2 aromatic heterocycles. The Kier molecular flexibility index (Phi) is 4.36. The molecule has 1 aliphatic rings. The predicted molar refractivity (Wildman–Crippen MR) is 92.3 cm³/mol. The molecule has 3 rings (SSSR count). The van der Waals surface area contributed by atoms with Gasteiger partial charge in [-0.1, -0.05) is 11.8 Å². The molecule has 23 heavy (non-hydrogen) atoms. The fourth-order valence-corrected chi connectivity index (χ4v) is 4.01. The Morgan fingerprint density at radius 3 is 2.61 bits per heavy atom. The summed E-state index contributed by atoms with van der Waals surface area (Å²) in [5.74, 6) is 2.19. The highest BCUT2D eigenvalue weighted by atomic mass is 32.2. The number of aryl methyl sites for hydroxylation is 1. The summed E-state index contributed by atoms with van der Waals surface area (Å²) < 4.78 is 4.25. The second-order valence-electron chi connectivity index (χ2n) is 6.63. The lowest BCUT2D eigenvalue weighted by molar-refractivity contribution is 0.102. The summed E-state index contributed by atoms with van der Waals surface area (Å²) >= 11 is 1.48. The lowest BCUT2D eigenvalue weighted by Gasteiger charge is -2.13. The molecule has 2 aromatic rings. The topological polar surface area (TPSA) is 52.7 Å². The molecular weight excluding hydrogens is 308 g/mol. The van der Waals surface area contributed by atoms with Crippen molar-refractivity contribution >= 4 is 17.5 Å². The molecule has 6 heteroatoms. The Balaban J connectivity index is 1.71. The van der Waals surface area contributed by atoms with Gasteiger partial charge in [-0.25, -0.2) is 0 Å². The molecule has 1 aliphatic carbocycles. The summed E-state index contributed by atoms with van der Waals surface area (Å²) in [6.07, 6.45) is 2.41. The van der Waals surface area contributed by atoms with Gasteiger partial charge >= 0.3 is 0 Å². The molecule has 1 saturated carbocycles. The van der Waals surface area contributed by atoms with Gasteiger partial charge in [0.25, 0.3) is 0 Å². The van der Waals surface area contributed by atoms with E-state index in [0.717, 1.165) is 27.9 Å². The number of ketones is 1. The summed E-state index contributed by atoms with van der Waals surface area (Å²) in [6, 6.07) is 2.37. The van der Waals surface area contributed by atoms with Crippen molar-refractivity contribution in [2.75, 3.05) is 5.75 Å². The van der Waals surface area contributed by atoms with Crippen LogP contribution in [0.4, 0.5) is 0 Å². The Bertz CT molecular complexity index is 740. The lowest BCUT2D eigenvalue weighted by Crippen LogP contribution is -2.08. The van der Waals surface area contributed by atoms with E-state index >= 15 is 0 Å². The number of hydrogen-bond donors (Lipinski definition) is 0. The number of rotatable bonds is 6. The van der Waals surface area contributed by atoms with Gasteiger partial charge in [0.15, 0.2) is 10.9 Å². The fourth-order valence-electron chi connectivity index (χ4n) is 3.21. The zero-order valence-corrected chi connectivity index (χ0v) is 15.3. The van der Waals surface area contributed by atoms with Crippen molar-refractivity contribution in [3.8, 4) is 0 Å². The van der Waals surface area contributed by atoms with Gasteiger partial charge in [-0.3, -0.25) is 4.79 Å². The molecule has 0 unspecified atom stereocenters. The Morgan fingerprint density at radius 1 is 1.35 bits per heavy atom. The Hall–Kier alpha value is -1.56. The summed E-state index contributed by atoms with van der Waals surface area (Å²) in [6.45, 7) is 8.36. The maximum atomic E-state index is 12.6. The molecule has 0 spiro atoms. The third kappa shape index (κ3) is 3.09. The van der Waals surface area contributed by atoms with Crippen LogP contribution in [0.1, 0.15) is 66.2 Å². The normalized spacial score (nSPS) is 14.7. The van der Waals surface area contributed by atoms with Crippen LogP contribution < -0.4 is 0 Å². The summed E-state index contributed by atoms with van der Waals surface area (Å²) in [7, 11) is 1.99. The van der Waals surface area contributed by atoms with E-state index in [1.54, 1.807) is 0 Å². The van der Waals surface area contributed by atoms with Gasteiger partial charge in [0.05, 0.1) is 5.75 Å². The van der Waals surface area contributed by atoms with Crippen LogP contribution in [0.2, 0.25) is 0 Å². The monoisotopic (exact) mass is 332 g/mol. The third-order valence-electron chi connectivity index (χ3n) is 4.44. The first-order valence-electron chi connectivity index (χ1n) is 8.13. The minimum Gasteiger partial charge on any atom is -0.346 e. The number of carbonyl (C=O) groups excluding carboxylic acids is 1. The van der Waals surface area contributed by atoms with Crippen LogP contribution in [0.25, 0.3) is 0 Å². The Labute approximate surface area is 141 Å². The average Bonchev–Trinajstić information content (AvgIpc) is 3.19. The van der Waals surface area contributed by atoms with Crippen molar-refractivity contribution in [2.45, 2.75) is 57.7 Å². The average molecular weight is 332 g/mol. The van der Waals surface area contributed by atoms with Crippen LogP contribution >= 0.6 is 11.8 Å². The number of carbonyl (C=O) groups is 1. The molecule has 0 aromatic carbocycles. The maximum Gasteiger partial charge on any atom is 0.191 e. The van der Waals surface area contributed by atoms with Crippen LogP contribution in [0.3, 0.4) is 0 Å². The highest BCUT2D eigenvalue weighted by Gasteiger charge is 2.29. The van der Waals surface area contributed by atoms with Gasteiger partial charge < -0.3 is 9.13 Å². The molecule has 0 aliphatic heterocycles. The van der Waals surface area contributed by atoms with Crippen molar-refractivity contribution in [1.82, 2.24) is 19.3 Å².